The van der Waals surface area contributed by atoms with Crippen molar-refractivity contribution in [3.63, 3.8) is 0 Å². The summed E-state index contributed by atoms with van der Waals surface area (Å²) < 4.78 is 5.66. The van der Waals surface area contributed by atoms with Crippen LogP contribution in [-0.4, -0.2) is 21.9 Å². The van der Waals surface area contributed by atoms with Crippen molar-refractivity contribution in [2.24, 2.45) is 0 Å². The van der Waals surface area contributed by atoms with E-state index >= 15 is 0 Å². The molecule has 0 aliphatic rings. The lowest BCUT2D eigenvalue weighted by Crippen LogP contribution is -1.95. The number of aliphatic hydroxyl groups excluding tert-OH is 1. The molecule has 1 heterocycles. The van der Waals surface area contributed by atoms with E-state index in [1.165, 1.54) is 0 Å². The molecule has 0 fully saturated rings. The van der Waals surface area contributed by atoms with Gasteiger partial charge in [-0.15, -0.1) is 10.2 Å². The number of rotatable bonds is 6. The summed E-state index contributed by atoms with van der Waals surface area (Å²) >= 11 is 1.59. The molecule has 2 aromatic rings. The van der Waals surface area contributed by atoms with Crippen molar-refractivity contribution >= 4 is 11.3 Å². The van der Waals surface area contributed by atoms with E-state index in [0.717, 1.165) is 21.3 Å². The predicted octanol–water partition coefficient (Wildman–Crippen LogP) is 2.78. The zero-order chi connectivity index (χ0) is 13.7. The van der Waals surface area contributed by atoms with Gasteiger partial charge in [-0.1, -0.05) is 37.3 Å². The molecule has 0 radical (unpaired) electrons. The maximum Gasteiger partial charge on any atom is 0.155 e. The average Bonchev–Trinajstić information content (AvgIpc) is 2.87. The van der Waals surface area contributed by atoms with Crippen molar-refractivity contribution in [1.82, 2.24) is 10.2 Å². The van der Waals surface area contributed by atoms with Gasteiger partial charge in [-0.3, -0.25) is 0 Å². The van der Waals surface area contributed by atoms with E-state index in [2.05, 4.69) is 24.0 Å². The van der Waals surface area contributed by atoms with Crippen LogP contribution in [0.1, 0.15) is 35.3 Å². The van der Waals surface area contributed by atoms with Crippen LogP contribution < -0.4 is 4.74 Å². The molecule has 0 spiro atoms. The van der Waals surface area contributed by atoms with Crippen molar-refractivity contribution in [3.8, 4) is 5.75 Å². The van der Waals surface area contributed by atoms with Gasteiger partial charge in [-0.05, 0) is 24.1 Å². The monoisotopic (exact) mass is 278 g/mol. The van der Waals surface area contributed by atoms with Crippen LogP contribution in [0.3, 0.4) is 0 Å². The molecular formula is C14H18N2O2S. The molecule has 0 unspecified atom stereocenters. The first-order valence-corrected chi connectivity index (χ1v) is 7.15. The SMILES string of the molecule is CC(C)c1nnc(COc2ccc(CCO)cc2)s1. The second kappa shape index (κ2) is 6.63. The summed E-state index contributed by atoms with van der Waals surface area (Å²) in [5, 5.41) is 19.0. The van der Waals surface area contributed by atoms with E-state index < -0.39 is 0 Å². The normalized spacial score (nSPS) is 10.9. The third-order valence-corrected chi connectivity index (χ3v) is 3.86. The molecule has 2 rings (SSSR count). The van der Waals surface area contributed by atoms with Gasteiger partial charge in [0, 0.05) is 12.5 Å². The number of hydrogen-bond donors (Lipinski definition) is 1. The first-order chi connectivity index (χ1) is 9.19. The van der Waals surface area contributed by atoms with Gasteiger partial charge in [-0.25, -0.2) is 0 Å². The van der Waals surface area contributed by atoms with Crippen LogP contribution in [0.4, 0.5) is 0 Å². The highest BCUT2D eigenvalue weighted by Crippen LogP contribution is 2.20. The minimum atomic E-state index is 0.170. The smallest absolute Gasteiger partial charge is 0.155 e. The number of ether oxygens (including phenoxy) is 1. The van der Waals surface area contributed by atoms with Gasteiger partial charge < -0.3 is 9.84 Å². The summed E-state index contributed by atoms with van der Waals surface area (Å²) in [6.45, 7) is 4.82. The fourth-order valence-electron chi connectivity index (χ4n) is 1.58. The zero-order valence-corrected chi connectivity index (χ0v) is 12.0. The summed E-state index contributed by atoms with van der Waals surface area (Å²) in [5.74, 6) is 1.21. The van der Waals surface area contributed by atoms with E-state index in [1.807, 2.05) is 24.3 Å². The van der Waals surface area contributed by atoms with Gasteiger partial charge in [0.05, 0.1) is 0 Å². The first kappa shape index (κ1) is 14.0. The highest BCUT2D eigenvalue weighted by Gasteiger charge is 2.08. The van der Waals surface area contributed by atoms with E-state index in [-0.39, 0.29) is 6.61 Å². The number of aliphatic hydroxyl groups is 1. The molecule has 1 aromatic carbocycles. The van der Waals surface area contributed by atoms with Gasteiger partial charge >= 0.3 is 0 Å². The van der Waals surface area contributed by atoms with Gasteiger partial charge in [0.1, 0.15) is 17.4 Å². The van der Waals surface area contributed by atoms with Crippen LogP contribution in [0.25, 0.3) is 0 Å². The van der Waals surface area contributed by atoms with Crippen molar-refractivity contribution in [1.29, 1.82) is 0 Å². The fourth-order valence-corrected chi connectivity index (χ4v) is 2.34. The molecule has 0 saturated carbocycles. The third-order valence-electron chi connectivity index (χ3n) is 2.66. The lowest BCUT2D eigenvalue weighted by Gasteiger charge is -2.04. The van der Waals surface area contributed by atoms with Crippen LogP contribution in [0.5, 0.6) is 5.75 Å². The summed E-state index contributed by atoms with van der Waals surface area (Å²) in [5.41, 5.74) is 1.10. The Kier molecular flexibility index (Phi) is 4.87. The highest BCUT2D eigenvalue weighted by molar-refractivity contribution is 7.11. The van der Waals surface area contributed by atoms with Crippen molar-refractivity contribution in [2.45, 2.75) is 32.8 Å². The topological polar surface area (TPSA) is 55.2 Å². The molecule has 4 nitrogen and oxygen atoms in total. The Hall–Kier alpha value is -1.46. The molecule has 0 aliphatic carbocycles. The molecule has 5 heteroatoms. The molecule has 0 saturated heterocycles. The van der Waals surface area contributed by atoms with E-state index in [1.54, 1.807) is 11.3 Å². The molecule has 19 heavy (non-hydrogen) atoms. The first-order valence-electron chi connectivity index (χ1n) is 6.34. The Labute approximate surface area is 117 Å². The molecule has 1 N–H and O–H groups in total. The van der Waals surface area contributed by atoms with E-state index in [0.29, 0.717) is 18.9 Å². The molecule has 0 amide bonds. The Balaban J connectivity index is 1.90. The quantitative estimate of drug-likeness (QED) is 0.882. The Morgan fingerprint density at radius 1 is 1.21 bits per heavy atom. The lowest BCUT2D eigenvalue weighted by atomic mass is 10.1. The summed E-state index contributed by atoms with van der Waals surface area (Å²) in [7, 11) is 0. The van der Waals surface area contributed by atoms with Crippen LogP contribution in [-0.2, 0) is 13.0 Å². The molecular weight excluding hydrogens is 260 g/mol. The van der Waals surface area contributed by atoms with Crippen molar-refractivity contribution < 1.29 is 9.84 Å². The minimum absolute atomic E-state index is 0.170. The number of nitrogens with zero attached hydrogens (tertiary/aromatic N) is 2. The number of hydrogen-bond acceptors (Lipinski definition) is 5. The summed E-state index contributed by atoms with van der Waals surface area (Å²) in [6, 6.07) is 7.75. The van der Waals surface area contributed by atoms with Crippen molar-refractivity contribution in [3.05, 3.63) is 39.8 Å². The van der Waals surface area contributed by atoms with Crippen LogP contribution in [0.15, 0.2) is 24.3 Å². The molecule has 1 aromatic heterocycles. The highest BCUT2D eigenvalue weighted by atomic mass is 32.1. The molecule has 0 aliphatic heterocycles. The Bertz CT molecular complexity index is 508. The van der Waals surface area contributed by atoms with Gasteiger partial charge in [-0.2, -0.15) is 0 Å². The standard InChI is InChI=1S/C14H18N2O2S/c1-10(2)14-16-15-13(19-14)9-18-12-5-3-11(4-6-12)7-8-17/h3-6,10,17H,7-9H2,1-2H3. The van der Waals surface area contributed by atoms with Crippen LogP contribution in [0.2, 0.25) is 0 Å². The second-order valence-electron chi connectivity index (χ2n) is 4.59. The fraction of sp³-hybridized carbons (Fsp3) is 0.429. The molecule has 102 valence electrons. The molecule has 0 bridgehead atoms. The Morgan fingerprint density at radius 2 is 1.95 bits per heavy atom. The maximum atomic E-state index is 8.84. The summed E-state index contributed by atoms with van der Waals surface area (Å²) in [4.78, 5) is 0. The number of benzene rings is 1. The van der Waals surface area contributed by atoms with Crippen LogP contribution in [0, 0.1) is 0 Å². The average molecular weight is 278 g/mol. The summed E-state index contributed by atoms with van der Waals surface area (Å²) in [6.07, 6.45) is 0.675. The molecule has 0 atom stereocenters. The zero-order valence-electron chi connectivity index (χ0n) is 11.2. The third kappa shape index (κ3) is 4.01. The minimum Gasteiger partial charge on any atom is -0.486 e. The van der Waals surface area contributed by atoms with Gasteiger partial charge in [0.25, 0.3) is 0 Å². The van der Waals surface area contributed by atoms with E-state index in [4.69, 9.17) is 9.84 Å². The number of aromatic nitrogens is 2. The van der Waals surface area contributed by atoms with Crippen molar-refractivity contribution in [2.75, 3.05) is 6.61 Å². The Morgan fingerprint density at radius 3 is 2.53 bits per heavy atom. The van der Waals surface area contributed by atoms with Crippen LogP contribution >= 0.6 is 11.3 Å². The maximum absolute atomic E-state index is 8.84. The van der Waals surface area contributed by atoms with Gasteiger partial charge in [0.2, 0.25) is 0 Å². The predicted molar refractivity (Wildman–Crippen MR) is 75.6 cm³/mol. The largest absolute Gasteiger partial charge is 0.486 e. The second-order valence-corrected chi connectivity index (χ2v) is 5.69. The lowest BCUT2D eigenvalue weighted by molar-refractivity contribution is 0.298. The van der Waals surface area contributed by atoms with Gasteiger partial charge in [0.15, 0.2) is 5.01 Å². The van der Waals surface area contributed by atoms with E-state index in [9.17, 15) is 0 Å².